The molecule has 2 rings (SSSR count). The number of rotatable bonds is 4. The summed E-state index contributed by atoms with van der Waals surface area (Å²) in [6.07, 6.45) is 0. The van der Waals surface area contributed by atoms with Gasteiger partial charge in [-0.15, -0.1) is 0 Å². The summed E-state index contributed by atoms with van der Waals surface area (Å²) in [5.41, 5.74) is 6.07. The molecule has 0 aliphatic carbocycles. The first kappa shape index (κ1) is 13.8. The minimum Gasteiger partial charge on any atom is -0.489 e. The molecule has 6 heteroatoms. The molecule has 0 atom stereocenters. The molecule has 0 fully saturated rings. The van der Waals surface area contributed by atoms with E-state index in [-0.39, 0.29) is 18.0 Å². The summed E-state index contributed by atoms with van der Waals surface area (Å²) in [5, 5.41) is 11.4. The fourth-order valence-electron chi connectivity index (χ4n) is 1.60. The Bertz CT molecular complexity index is 628. The molecular formula is C14H12F2N2O2. The second-order valence-corrected chi connectivity index (χ2v) is 4.01. The lowest BCUT2D eigenvalue weighted by atomic mass is 10.2. The van der Waals surface area contributed by atoms with Gasteiger partial charge in [0.15, 0.2) is 17.5 Å². The molecule has 3 N–H and O–H groups in total. The van der Waals surface area contributed by atoms with Crippen molar-refractivity contribution in [3.05, 3.63) is 65.2 Å². The van der Waals surface area contributed by atoms with Gasteiger partial charge in [0.2, 0.25) is 0 Å². The van der Waals surface area contributed by atoms with Crippen molar-refractivity contribution in [3.8, 4) is 5.75 Å². The van der Waals surface area contributed by atoms with Crippen molar-refractivity contribution >= 4 is 5.84 Å². The molecule has 0 unspecified atom stereocenters. The predicted molar refractivity (Wildman–Crippen MR) is 69.6 cm³/mol. The highest BCUT2D eigenvalue weighted by atomic mass is 19.2. The molecule has 104 valence electrons. The average Bonchev–Trinajstić information content (AvgIpc) is 2.48. The molecule has 0 saturated carbocycles. The summed E-state index contributed by atoms with van der Waals surface area (Å²) in [5.74, 6) is -1.38. The highest BCUT2D eigenvalue weighted by Crippen LogP contribution is 2.17. The number of hydrogen-bond donors (Lipinski definition) is 2. The fourth-order valence-corrected chi connectivity index (χ4v) is 1.60. The van der Waals surface area contributed by atoms with Gasteiger partial charge in [-0.2, -0.15) is 0 Å². The highest BCUT2D eigenvalue weighted by molar-refractivity contribution is 5.97. The summed E-state index contributed by atoms with van der Waals surface area (Å²) in [7, 11) is 0. The normalized spacial score (nSPS) is 11.4. The van der Waals surface area contributed by atoms with Crippen molar-refractivity contribution in [3.63, 3.8) is 0 Å². The maximum absolute atomic E-state index is 13.4. The van der Waals surface area contributed by atoms with Crippen LogP contribution in [0.25, 0.3) is 0 Å². The maximum atomic E-state index is 13.4. The van der Waals surface area contributed by atoms with E-state index in [9.17, 15) is 8.78 Å². The molecular weight excluding hydrogens is 266 g/mol. The monoisotopic (exact) mass is 278 g/mol. The Morgan fingerprint density at radius 2 is 1.85 bits per heavy atom. The van der Waals surface area contributed by atoms with E-state index in [1.54, 1.807) is 24.3 Å². The molecule has 0 aromatic heterocycles. The van der Waals surface area contributed by atoms with Gasteiger partial charge in [0.25, 0.3) is 0 Å². The van der Waals surface area contributed by atoms with Gasteiger partial charge in [-0.05, 0) is 30.3 Å². The van der Waals surface area contributed by atoms with Gasteiger partial charge in [-0.25, -0.2) is 8.78 Å². The zero-order valence-electron chi connectivity index (χ0n) is 10.4. The first-order valence-electron chi connectivity index (χ1n) is 5.75. The van der Waals surface area contributed by atoms with Crippen molar-refractivity contribution in [2.45, 2.75) is 6.61 Å². The Morgan fingerprint density at radius 3 is 2.50 bits per heavy atom. The van der Waals surface area contributed by atoms with Crippen molar-refractivity contribution in [2.24, 2.45) is 10.9 Å². The first-order chi connectivity index (χ1) is 9.61. The molecule has 0 amide bonds. The van der Waals surface area contributed by atoms with E-state index < -0.39 is 11.6 Å². The van der Waals surface area contributed by atoms with Crippen LogP contribution in [0, 0.1) is 11.6 Å². The second-order valence-electron chi connectivity index (χ2n) is 4.01. The van der Waals surface area contributed by atoms with Crippen LogP contribution in [-0.2, 0) is 6.61 Å². The second kappa shape index (κ2) is 6.01. The Morgan fingerprint density at radius 1 is 1.15 bits per heavy atom. The van der Waals surface area contributed by atoms with Crippen LogP contribution in [0.15, 0.2) is 47.6 Å². The minimum atomic E-state index is -0.916. The number of ether oxygens (including phenoxy) is 1. The number of amidine groups is 1. The molecule has 0 aliphatic heterocycles. The van der Waals surface area contributed by atoms with Crippen LogP contribution in [0.3, 0.4) is 0 Å². The Hall–Kier alpha value is -2.63. The van der Waals surface area contributed by atoms with E-state index >= 15 is 0 Å². The van der Waals surface area contributed by atoms with Gasteiger partial charge in [-0.1, -0.05) is 17.3 Å². The summed E-state index contributed by atoms with van der Waals surface area (Å²) in [6, 6.07) is 10.3. The third kappa shape index (κ3) is 3.03. The van der Waals surface area contributed by atoms with Gasteiger partial charge >= 0.3 is 0 Å². The summed E-state index contributed by atoms with van der Waals surface area (Å²) in [4.78, 5) is 0. The first-order valence-corrected chi connectivity index (χ1v) is 5.75. The molecule has 4 nitrogen and oxygen atoms in total. The van der Waals surface area contributed by atoms with Crippen molar-refractivity contribution < 1.29 is 18.7 Å². The number of oxime groups is 1. The number of hydrogen-bond acceptors (Lipinski definition) is 3. The largest absolute Gasteiger partial charge is 0.489 e. The third-order valence-corrected chi connectivity index (χ3v) is 2.68. The fraction of sp³-hybridized carbons (Fsp3) is 0.0714. The Balaban J connectivity index is 2.06. The Kier molecular flexibility index (Phi) is 4.14. The predicted octanol–water partition coefficient (Wildman–Crippen LogP) is 2.64. The number of nitrogens with two attached hydrogens (primary N) is 1. The quantitative estimate of drug-likeness (QED) is 0.391. The lowest BCUT2D eigenvalue weighted by Crippen LogP contribution is -2.12. The van der Waals surface area contributed by atoms with E-state index in [0.29, 0.717) is 11.3 Å². The molecule has 0 spiro atoms. The molecule has 2 aromatic carbocycles. The van der Waals surface area contributed by atoms with Crippen LogP contribution in [0.2, 0.25) is 0 Å². The molecule has 0 bridgehead atoms. The molecule has 0 heterocycles. The van der Waals surface area contributed by atoms with Crippen LogP contribution < -0.4 is 10.5 Å². The van der Waals surface area contributed by atoms with E-state index in [0.717, 1.165) is 6.07 Å². The Labute approximate surface area is 114 Å². The number of nitrogens with zero attached hydrogens (tertiary/aromatic N) is 1. The smallest absolute Gasteiger partial charge is 0.170 e. The van der Waals surface area contributed by atoms with Crippen molar-refractivity contribution in [1.29, 1.82) is 0 Å². The van der Waals surface area contributed by atoms with Gasteiger partial charge in [0, 0.05) is 11.1 Å². The maximum Gasteiger partial charge on any atom is 0.170 e. The van der Waals surface area contributed by atoms with E-state index in [2.05, 4.69) is 5.16 Å². The molecule has 0 saturated heterocycles. The number of halogens is 2. The summed E-state index contributed by atoms with van der Waals surface area (Å²) >= 11 is 0. The van der Waals surface area contributed by atoms with E-state index in [1.807, 2.05) is 0 Å². The molecule has 0 aliphatic rings. The zero-order chi connectivity index (χ0) is 14.5. The topological polar surface area (TPSA) is 67.8 Å². The SMILES string of the molecule is N/C(=N\O)c1ccc(OCc2cccc(F)c2F)cc1. The number of benzene rings is 2. The van der Waals surface area contributed by atoms with Crippen LogP contribution in [0.4, 0.5) is 8.78 Å². The van der Waals surface area contributed by atoms with Crippen molar-refractivity contribution in [1.82, 2.24) is 0 Å². The molecule has 20 heavy (non-hydrogen) atoms. The minimum absolute atomic E-state index is 0.0206. The van der Waals surface area contributed by atoms with Gasteiger partial charge in [0.05, 0.1) is 0 Å². The van der Waals surface area contributed by atoms with Crippen LogP contribution in [0.1, 0.15) is 11.1 Å². The van der Waals surface area contributed by atoms with Crippen LogP contribution >= 0.6 is 0 Å². The van der Waals surface area contributed by atoms with Crippen LogP contribution in [-0.4, -0.2) is 11.0 Å². The lowest BCUT2D eigenvalue weighted by Gasteiger charge is -2.08. The third-order valence-electron chi connectivity index (χ3n) is 2.68. The van der Waals surface area contributed by atoms with Gasteiger partial charge in [-0.3, -0.25) is 0 Å². The summed E-state index contributed by atoms with van der Waals surface area (Å²) in [6.45, 7) is -0.0908. The summed E-state index contributed by atoms with van der Waals surface area (Å²) < 4.78 is 31.8. The molecule has 2 aromatic rings. The lowest BCUT2D eigenvalue weighted by molar-refractivity contribution is 0.297. The van der Waals surface area contributed by atoms with Crippen LogP contribution in [0.5, 0.6) is 5.75 Å². The highest BCUT2D eigenvalue weighted by Gasteiger charge is 2.08. The van der Waals surface area contributed by atoms with E-state index in [4.69, 9.17) is 15.7 Å². The van der Waals surface area contributed by atoms with E-state index in [1.165, 1.54) is 12.1 Å². The average molecular weight is 278 g/mol. The van der Waals surface area contributed by atoms with Gasteiger partial charge < -0.3 is 15.7 Å². The van der Waals surface area contributed by atoms with Crippen molar-refractivity contribution in [2.75, 3.05) is 0 Å². The van der Waals surface area contributed by atoms with Gasteiger partial charge in [0.1, 0.15) is 12.4 Å². The standard InChI is InChI=1S/C14H12F2N2O2/c15-12-3-1-2-10(13(12)16)8-20-11-6-4-9(5-7-11)14(17)18-19/h1-7,19H,8H2,(H2,17,18). The molecule has 0 radical (unpaired) electrons. The zero-order valence-corrected chi connectivity index (χ0v) is 10.4.